The summed E-state index contributed by atoms with van der Waals surface area (Å²) in [6, 6.07) is 15.4. The number of carbonyl (C=O) groups is 1. The number of esters is 1. The summed E-state index contributed by atoms with van der Waals surface area (Å²) >= 11 is 0. The molecule has 0 radical (unpaired) electrons. The molecule has 0 saturated heterocycles. The van der Waals surface area contributed by atoms with Crippen molar-refractivity contribution >= 4 is 12.0 Å². The van der Waals surface area contributed by atoms with Gasteiger partial charge in [-0.2, -0.15) is 5.26 Å². The number of ether oxygens (including phenoxy) is 1. The third-order valence-electron chi connectivity index (χ3n) is 3.33. The van der Waals surface area contributed by atoms with E-state index < -0.39 is 5.97 Å². The van der Waals surface area contributed by atoms with Crippen molar-refractivity contribution < 1.29 is 19.7 Å². The first kappa shape index (κ1) is 17.1. The predicted octanol–water partition coefficient (Wildman–Crippen LogP) is 3.18. The predicted molar refractivity (Wildman–Crippen MR) is 89.1 cm³/mol. The van der Waals surface area contributed by atoms with E-state index in [0.29, 0.717) is 12.0 Å². The summed E-state index contributed by atoms with van der Waals surface area (Å²) in [6.45, 7) is 1.76. The van der Waals surface area contributed by atoms with Crippen LogP contribution in [0.5, 0.6) is 11.5 Å². The van der Waals surface area contributed by atoms with Gasteiger partial charge in [0.25, 0.3) is 0 Å². The Bertz CT molecular complexity index is 791. The van der Waals surface area contributed by atoms with Crippen molar-refractivity contribution in [3.63, 3.8) is 0 Å². The Morgan fingerprint density at radius 1 is 1.21 bits per heavy atom. The zero-order valence-corrected chi connectivity index (χ0v) is 13.1. The van der Waals surface area contributed by atoms with Crippen LogP contribution >= 0.6 is 0 Å². The van der Waals surface area contributed by atoms with E-state index in [4.69, 9.17) is 10.00 Å². The van der Waals surface area contributed by atoms with Gasteiger partial charge in [0.15, 0.2) is 11.5 Å². The van der Waals surface area contributed by atoms with Gasteiger partial charge in [-0.1, -0.05) is 36.4 Å². The summed E-state index contributed by atoms with van der Waals surface area (Å²) in [5.74, 6) is -1.33. The van der Waals surface area contributed by atoms with Gasteiger partial charge in [-0.05, 0) is 36.3 Å². The number of hydrogen-bond donors (Lipinski definition) is 2. The summed E-state index contributed by atoms with van der Waals surface area (Å²) in [6.07, 6.45) is 1.46. The molecule has 0 aliphatic rings. The van der Waals surface area contributed by atoms with E-state index in [9.17, 15) is 15.0 Å². The number of carbonyl (C=O) groups excluding carboxylic acids is 1. The molecule has 0 saturated carbocycles. The quantitative estimate of drug-likeness (QED) is 0.382. The molecule has 2 aromatic rings. The minimum Gasteiger partial charge on any atom is -0.504 e. The molecule has 1 unspecified atom stereocenters. The van der Waals surface area contributed by atoms with E-state index in [2.05, 4.69) is 0 Å². The molecule has 2 rings (SSSR count). The molecule has 1 atom stereocenters. The smallest absolute Gasteiger partial charge is 0.349 e. The molecule has 0 amide bonds. The van der Waals surface area contributed by atoms with Gasteiger partial charge in [0.1, 0.15) is 17.7 Å². The fraction of sp³-hybridized carbons (Fsp3) is 0.158. The van der Waals surface area contributed by atoms with Gasteiger partial charge in [0.05, 0.1) is 0 Å². The molecular formula is C19H17NO4. The minimum absolute atomic E-state index is 0.181. The van der Waals surface area contributed by atoms with Gasteiger partial charge >= 0.3 is 5.97 Å². The van der Waals surface area contributed by atoms with Crippen LogP contribution in [0.25, 0.3) is 6.08 Å². The van der Waals surface area contributed by atoms with Crippen LogP contribution in [0, 0.1) is 11.3 Å². The van der Waals surface area contributed by atoms with E-state index in [0.717, 1.165) is 5.56 Å². The molecule has 122 valence electrons. The third kappa shape index (κ3) is 4.62. The molecule has 0 bridgehead atoms. The average Bonchev–Trinajstić information content (AvgIpc) is 2.56. The lowest BCUT2D eigenvalue weighted by molar-refractivity contribution is -0.142. The van der Waals surface area contributed by atoms with Crippen molar-refractivity contribution in [2.75, 3.05) is 0 Å². The topological polar surface area (TPSA) is 90.6 Å². The largest absolute Gasteiger partial charge is 0.504 e. The number of rotatable bonds is 5. The summed E-state index contributed by atoms with van der Waals surface area (Å²) in [7, 11) is 0. The van der Waals surface area contributed by atoms with E-state index in [-0.39, 0.29) is 23.2 Å². The molecule has 24 heavy (non-hydrogen) atoms. The summed E-state index contributed by atoms with van der Waals surface area (Å²) < 4.78 is 5.29. The first-order valence-electron chi connectivity index (χ1n) is 7.38. The number of aromatic hydroxyl groups is 2. The summed E-state index contributed by atoms with van der Waals surface area (Å²) in [4.78, 5) is 12.1. The van der Waals surface area contributed by atoms with Crippen LogP contribution in [0.2, 0.25) is 0 Å². The Hall–Kier alpha value is -3.26. The SMILES string of the molecule is CC(Cc1ccccc1)OC(=O)/C(C#N)=C/c1ccc(O)c(O)c1. The van der Waals surface area contributed by atoms with Crippen molar-refractivity contribution in [3.8, 4) is 17.6 Å². The fourth-order valence-corrected chi connectivity index (χ4v) is 2.17. The number of nitriles is 1. The molecule has 0 aromatic heterocycles. The molecule has 5 heteroatoms. The molecule has 0 spiro atoms. The van der Waals surface area contributed by atoms with Crippen LogP contribution < -0.4 is 0 Å². The Morgan fingerprint density at radius 3 is 2.54 bits per heavy atom. The van der Waals surface area contributed by atoms with Crippen LogP contribution in [0.3, 0.4) is 0 Å². The van der Waals surface area contributed by atoms with E-state index in [1.165, 1.54) is 24.3 Å². The van der Waals surface area contributed by atoms with Crippen LogP contribution in [-0.4, -0.2) is 22.3 Å². The molecule has 2 N–H and O–H groups in total. The average molecular weight is 323 g/mol. The summed E-state index contributed by atoms with van der Waals surface area (Å²) in [5.41, 5.74) is 1.26. The van der Waals surface area contributed by atoms with E-state index in [1.807, 2.05) is 30.3 Å². The standard InChI is InChI=1S/C19H17NO4/c1-13(9-14-5-3-2-4-6-14)24-19(23)16(12-20)10-15-7-8-17(21)18(22)11-15/h2-8,10-11,13,21-22H,9H2,1H3/b16-10+. The highest BCUT2D eigenvalue weighted by Crippen LogP contribution is 2.26. The highest BCUT2D eigenvalue weighted by molar-refractivity contribution is 5.98. The molecule has 0 aliphatic heterocycles. The first-order valence-corrected chi connectivity index (χ1v) is 7.38. The van der Waals surface area contributed by atoms with Gasteiger partial charge in [-0.25, -0.2) is 4.79 Å². The molecule has 0 aliphatic carbocycles. The number of hydrogen-bond acceptors (Lipinski definition) is 5. The lowest BCUT2D eigenvalue weighted by Crippen LogP contribution is -2.18. The molecule has 5 nitrogen and oxygen atoms in total. The van der Waals surface area contributed by atoms with Crippen LogP contribution in [0.15, 0.2) is 54.1 Å². The van der Waals surface area contributed by atoms with Crippen molar-refractivity contribution in [1.29, 1.82) is 5.26 Å². The minimum atomic E-state index is -0.728. The lowest BCUT2D eigenvalue weighted by atomic mass is 10.1. The number of phenols is 2. The second-order valence-electron chi connectivity index (χ2n) is 5.32. The van der Waals surface area contributed by atoms with Gasteiger partial charge in [0, 0.05) is 6.42 Å². The highest BCUT2D eigenvalue weighted by atomic mass is 16.5. The zero-order valence-electron chi connectivity index (χ0n) is 13.1. The van der Waals surface area contributed by atoms with Gasteiger partial charge in [0.2, 0.25) is 0 Å². The number of phenolic OH excluding ortho intramolecular Hbond substituents is 2. The van der Waals surface area contributed by atoms with Crippen LogP contribution in [0.1, 0.15) is 18.1 Å². The summed E-state index contributed by atoms with van der Waals surface area (Å²) in [5, 5.41) is 27.9. The van der Waals surface area contributed by atoms with Crippen molar-refractivity contribution in [2.45, 2.75) is 19.4 Å². The highest BCUT2D eigenvalue weighted by Gasteiger charge is 2.15. The Morgan fingerprint density at radius 2 is 1.92 bits per heavy atom. The van der Waals surface area contributed by atoms with Crippen molar-refractivity contribution in [1.82, 2.24) is 0 Å². The number of benzene rings is 2. The second-order valence-corrected chi connectivity index (χ2v) is 5.32. The van der Waals surface area contributed by atoms with Gasteiger partial charge in [-0.3, -0.25) is 0 Å². The van der Waals surface area contributed by atoms with E-state index >= 15 is 0 Å². The van der Waals surface area contributed by atoms with Crippen molar-refractivity contribution in [3.05, 3.63) is 65.2 Å². The molecular weight excluding hydrogens is 306 g/mol. The maximum Gasteiger partial charge on any atom is 0.349 e. The third-order valence-corrected chi connectivity index (χ3v) is 3.33. The van der Waals surface area contributed by atoms with Gasteiger partial charge in [-0.15, -0.1) is 0 Å². The first-order chi connectivity index (χ1) is 11.5. The normalized spacial score (nSPS) is 12.2. The zero-order chi connectivity index (χ0) is 17.5. The Kier molecular flexibility index (Phi) is 5.58. The lowest BCUT2D eigenvalue weighted by Gasteiger charge is -2.13. The molecule has 0 fully saturated rings. The monoisotopic (exact) mass is 323 g/mol. The maximum absolute atomic E-state index is 12.1. The van der Waals surface area contributed by atoms with Crippen LogP contribution in [0.4, 0.5) is 0 Å². The van der Waals surface area contributed by atoms with Gasteiger partial charge < -0.3 is 14.9 Å². The van der Waals surface area contributed by atoms with Crippen LogP contribution in [-0.2, 0) is 16.0 Å². The maximum atomic E-state index is 12.1. The van der Waals surface area contributed by atoms with Crippen molar-refractivity contribution in [2.24, 2.45) is 0 Å². The Labute approximate surface area is 140 Å². The Balaban J connectivity index is 2.07. The number of nitrogens with zero attached hydrogens (tertiary/aromatic N) is 1. The van der Waals surface area contributed by atoms with E-state index in [1.54, 1.807) is 13.0 Å². The fourth-order valence-electron chi connectivity index (χ4n) is 2.17. The second kappa shape index (κ2) is 7.84. The molecule has 2 aromatic carbocycles. The molecule has 0 heterocycles.